The van der Waals surface area contributed by atoms with Gasteiger partial charge in [0.25, 0.3) is 0 Å². The first-order valence-electron chi connectivity index (χ1n) is 6.13. The molecule has 0 spiro atoms. The quantitative estimate of drug-likeness (QED) is 0.867. The molecule has 1 saturated heterocycles. The average Bonchev–Trinajstić information content (AvgIpc) is 2.84. The first kappa shape index (κ1) is 16.1. The van der Waals surface area contributed by atoms with Gasteiger partial charge in [-0.1, -0.05) is 44.7 Å². The molecule has 1 aliphatic rings. The fraction of sp³-hybridized carbons (Fsp3) is 0.600. The van der Waals surface area contributed by atoms with Crippen LogP contribution in [0, 0.1) is 0 Å². The molecule has 0 amide bonds. The number of ether oxygens (including phenoxy) is 1. The van der Waals surface area contributed by atoms with Crippen molar-refractivity contribution in [3.63, 3.8) is 0 Å². The summed E-state index contributed by atoms with van der Waals surface area (Å²) in [5.74, 6) is 0. The van der Waals surface area contributed by atoms with Crippen molar-refractivity contribution >= 4 is 0 Å². The molecule has 0 bridgehead atoms. The molecular weight excluding hydrogens is 210 g/mol. The van der Waals surface area contributed by atoms with E-state index in [1.807, 2.05) is 30.3 Å². The molecule has 0 saturated carbocycles. The van der Waals surface area contributed by atoms with Gasteiger partial charge in [-0.15, -0.1) is 0 Å². The van der Waals surface area contributed by atoms with Gasteiger partial charge >= 0.3 is 0 Å². The van der Waals surface area contributed by atoms with Gasteiger partial charge in [-0.2, -0.15) is 0 Å². The Morgan fingerprint density at radius 3 is 2.41 bits per heavy atom. The Kier molecular flexibility index (Phi) is 9.78. The largest absolute Gasteiger partial charge is 0.380 e. The maximum Gasteiger partial charge on any atom is 0.0713 e. The fourth-order valence-corrected chi connectivity index (χ4v) is 1.85. The zero-order valence-corrected chi connectivity index (χ0v) is 10.4. The van der Waals surface area contributed by atoms with Crippen LogP contribution in [0.3, 0.4) is 0 Å². The molecule has 0 aliphatic carbocycles. The second-order valence-corrected chi connectivity index (χ2v) is 4.12. The normalized spacial score (nSPS) is 17.9. The van der Waals surface area contributed by atoms with Crippen LogP contribution in [-0.4, -0.2) is 19.7 Å². The summed E-state index contributed by atoms with van der Waals surface area (Å²) in [5, 5.41) is 3.41. The number of rotatable bonds is 3. The van der Waals surface area contributed by atoms with Crippen LogP contribution >= 0.6 is 0 Å². The zero-order valence-electron chi connectivity index (χ0n) is 10.4. The van der Waals surface area contributed by atoms with Crippen molar-refractivity contribution in [2.24, 2.45) is 0 Å². The fourth-order valence-electron chi connectivity index (χ4n) is 1.85. The van der Waals surface area contributed by atoms with Gasteiger partial charge in [0.1, 0.15) is 0 Å². The van der Waals surface area contributed by atoms with Crippen LogP contribution in [0.1, 0.15) is 39.2 Å². The van der Waals surface area contributed by atoms with E-state index in [1.165, 1.54) is 31.4 Å². The van der Waals surface area contributed by atoms with Crippen LogP contribution in [0.15, 0.2) is 30.3 Å². The van der Waals surface area contributed by atoms with E-state index in [-0.39, 0.29) is 7.43 Å². The van der Waals surface area contributed by atoms with E-state index in [1.54, 1.807) is 7.11 Å². The standard InChI is InChI=1S/C8H10O.C6H13N.CH4/c1-9-7-8-5-3-2-4-6-8;1-2-6-4-3-5-7-6;/h2-6H,7H2,1H3;6-7H,2-5H2,1H3;1H4. The smallest absolute Gasteiger partial charge is 0.0713 e. The van der Waals surface area contributed by atoms with Crippen LogP contribution in [-0.2, 0) is 11.3 Å². The topological polar surface area (TPSA) is 21.3 Å². The van der Waals surface area contributed by atoms with Crippen molar-refractivity contribution in [3.05, 3.63) is 35.9 Å². The highest BCUT2D eigenvalue weighted by Gasteiger charge is 2.09. The summed E-state index contributed by atoms with van der Waals surface area (Å²) in [4.78, 5) is 0. The Labute approximate surface area is 106 Å². The highest BCUT2D eigenvalue weighted by molar-refractivity contribution is 5.13. The summed E-state index contributed by atoms with van der Waals surface area (Å²) in [7, 11) is 1.70. The molecular formula is C15H27NO. The van der Waals surface area contributed by atoms with E-state index in [0.717, 1.165) is 6.04 Å². The van der Waals surface area contributed by atoms with Crippen LogP contribution < -0.4 is 5.32 Å². The molecule has 1 aromatic rings. The molecule has 17 heavy (non-hydrogen) atoms. The Hall–Kier alpha value is -0.860. The van der Waals surface area contributed by atoms with E-state index in [9.17, 15) is 0 Å². The molecule has 1 fully saturated rings. The second-order valence-electron chi connectivity index (χ2n) is 4.12. The first-order chi connectivity index (χ1) is 7.86. The lowest BCUT2D eigenvalue weighted by Gasteiger charge is -2.02. The minimum absolute atomic E-state index is 0. The second kappa shape index (κ2) is 10.3. The lowest BCUT2D eigenvalue weighted by atomic mass is 10.2. The van der Waals surface area contributed by atoms with Gasteiger partial charge in [-0.3, -0.25) is 0 Å². The van der Waals surface area contributed by atoms with Crippen molar-refractivity contribution in [1.82, 2.24) is 5.32 Å². The minimum atomic E-state index is 0. The molecule has 1 N–H and O–H groups in total. The van der Waals surface area contributed by atoms with E-state index >= 15 is 0 Å². The highest BCUT2D eigenvalue weighted by Crippen LogP contribution is 2.06. The van der Waals surface area contributed by atoms with Gasteiger partial charge in [0.15, 0.2) is 0 Å². The maximum absolute atomic E-state index is 4.93. The van der Waals surface area contributed by atoms with Gasteiger partial charge in [0.05, 0.1) is 6.61 Å². The maximum atomic E-state index is 4.93. The molecule has 2 heteroatoms. The summed E-state index contributed by atoms with van der Waals surface area (Å²) in [6.45, 7) is 4.20. The Morgan fingerprint density at radius 1 is 1.29 bits per heavy atom. The molecule has 1 unspecified atom stereocenters. The molecule has 2 nitrogen and oxygen atoms in total. The van der Waals surface area contributed by atoms with E-state index in [4.69, 9.17) is 4.74 Å². The molecule has 0 radical (unpaired) electrons. The number of hydrogen-bond acceptors (Lipinski definition) is 2. The zero-order chi connectivity index (χ0) is 11.6. The van der Waals surface area contributed by atoms with Crippen molar-refractivity contribution in [1.29, 1.82) is 0 Å². The summed E-state index contributed by atoms with van der Waals surface area (Å²) in [6, 6.07) is 11.0. The molecule has 1 heterocycles. The summed E-state index contributed by atoms with van der Waals surface area (Å²) < 4.78 is 4.93. The average molecular weight is 237 g/mol. The van der Waals surface area contributed by atoms with E-state index in [2.05, 4.69) is 12.2 Å². The number of nitrogens with one attached hydrogen (secondary N) is 1. The van der Waals surface area contributed by atoms with Gasteiger partial charge in [-0.25, -0.2) is 0 Å². The monoisotopic (exact) mass is 237 g/mol. The Balaban J connectivity index is 0.000000292. The third-order valence-corrected chi connectivity index (χ3v) is 2.81. The van der Waals surface area contributed by atoms with Gasteiger partial charge < -0.3 is 10.1 Å². The molecule has 2 rings (SSSR count). The first-order valence-corrected chi connectivity index (χ1v) is 6.13. The van der Waals surface area contributed by atoms with Crippen LogP contribution in [0.5, 0.6) is 0 Å². The number of hydrogen-bond donors (Lipinski definition) is 1. The van der Waals surface area contributed by atoms with Crippen molar-refractivity contribution in [2.45, 2.75) is 46.3 Å². The third kappa shape index (κ3) is 7.14. The van der Waals surface area contributed by atoms with Gasteiger partial charge in [0, 0.05) is 13.2 Å². The summed E-state index contributed by atoms with van der Waals surface area (Å²) in [6.07, 6.45) is 4.09. The molecule has 1 aliphatic heterocycles. The van der Waals surface area contributed by atoms with E-state index in [0.29, 0.717) is 6.61 Å². The van der Waals surface area contributed by atoms with Gasteiger partial charge in [-0.05, 0) is 31.4 Å². The minimum Gasteiger partial charge on any atom is -0.380 e. The molecule has 0 aromatic heterocycles. The lowest BCUT2D eigenvalue weighted by molar-refractivity contribution is 0.185. The van der Waals surface area contributed by atoms with Crippen LogP contribution in [0.2, 0.25) is 0 Å². The van der Waals surface area contributed by atoms with Crippen molar-refractivity contribution in [2.75, 3.05) is 13.7 Å². The predicted octanol–water partition coefficient (Wildman–Crippen LogP) is 3.62. The SMILES string of the molecule is C.CCC1CCCN1.COCc1ccccc1. The highest BCUT2D eigenvalue weighted by atomic mass is 16.5. The van der Waals surface area contributed by atoms with Crippen molar-refractivity contribution in [3.8, 4) is 0 Å². The number of benzene rings is 1. The van der Waals surface area contributed by atoms with Crippen LogP contribution in [0.4, 0.5) is 0 Å². The molecule has 98 valence electrons. The van der Waals surface area contributed by atoms with Gasteiger partial charge in [0.2, 0.25) is 0 Å². The predicted molar refractivity (Wildman–Crippen MR) is 75.2 cm³/mol. The Morgan fingerprint density at radius 2 is 2.00 bits per heavy atom. The van der Waals surface area contributed by atoms with E-state index < -0.39 is 0 Å². The summed E-state index contributed by atoms with van der Waals surface area (Å²) >= 11 is 0. The van der Waals surface area contributed by atoms with Crippen molar-refractivity contribution < 1.29 is 4.74 Å². The van der Waals surface area contributed by atoms with Crippen LogP contribution in [0.25, 0.3) is 0 Å². The molecule has 1 aromatic carbocycles. The Bertz CT molecular complexity index is 255. The summed E-state index contributed by atoms with van der Waals surface area (Å²) in [5.41, 5.74) is 1.22. The third-order valence-electron chi connectivity index (χ3n) is 2.81. The molecule has 1 atom stereocenters. The number of methoxy groups -OCH3 is 1. The lowest BCUT2D eigenvalue weighted by Crippen LogP contribution is -2.19.